The van der Waals surface area contributed by atoms with E-state index in [0.29, 0.717) is 6.61 Å². The van der Waals surface area contributed by atoms with Gasteiger partial charge in [-0.25, -0.2) is 8.42 Å². The van der Waals surface area contributed by atoms with Crippen LogP contribution in [0.25, 0.3) is 0 Å². The van der Waals surface area contributed by atoms with E-state index in [1.807, 2.05) is 0 Å². The SMILES string of the molecule is CC(C)C1CCC2(CCOC2CS(=O)(=O)Cl)CC1. The molecule has 1 saturated carbocycles. The molecule has 2 rings (SSSR count). The van der Waals surface area contributed by atoms with Gasteiger partial charge in [-0.3, -0.25) is 0 Å². The van der Waals surface area contributed by atoms with Crippen LogP contribution in [0, 0.1) is 17.3 Å². The molecule has 3 nitrogen and oxygen atoms in total. The lowest BCUT2D eigenvalue weighted by molar-refractivity contribution is 0.0290. The lowest BCUT2D eigenvalue weighted by Crippen LogP contribution is -2.39. The van der Waals surface area contributed by atoms with E-state index in [1.165, 1.54) is 12.8 Å². The van der Waals surface area contributed by atoms with E-state index in [-0.39, 0.29) is 17.3 Å². The summed E-state index contributed by atoms with van der Waals surface area (Å²) in [5.41, 5.74) is 0.0767. The first kappa shape index (κ1) is 14.6. The predicted octanol–water partition coefficient (Wildman–Crippen LogP) is 3.18. The van der Waals surface area contributed by atoms with E-state index in [0.717, 1.165) is 31.1 Å². The average molecular weight is 295 g/mol. The molecule has 1 heterocycles. The molecule has 0 amide bonds. The number of halogens is 1. The summed E-state index contributed by atoms with van der Waals surface area (Å²) in [5, 5.41) is 0. The van der Waals surface area contributed by atoms with Gasteiger partial charge in [-0.05, 0) is 49.4 Å². The largest absolute Gasteiger partial charge is 0.377 e. The Labute approximate surface area is 115 Å². The molecule has 1 saturated heterocycles. The van der Waals surface area contributed by atoms with Gasteiger partial charge in [0.25, 0.3) is 0 Å². The summed E-state index contributed by atoms with van der Waals surface area (Å²) in [5.74, 6) is 1.48. The predicted molar refractivity (Wildman–Crippen MR) is 73.2 cm³/mol. The highest BCUT2D eigenvalue weighted by Gasteiger charge is 2.47. The van der Waals surface area contributed by atoms with E-state index in [4.69, 9.17) is 15.4 Å². The Morgan fingerprint density at radius 1 is 1.28 bits per heavy atom. The van der Waals surface area contributed by atoms with Crippen LogP contribution < -0.4 is 0 Å². The molecular formula is C13H23ClO3S. The summed E-state index contributed by atoms with van der Waals surface area (Å²) in [4.78, 5) is 0. The minimum atomic E-state index is -3.47. The first-order chi connectivity index (χ1) is 8.32. The van der Waals surface area contributed by atoms with Gasteiger partial charge in [0.1, 0.15) is 0 Å². The van der Waals surface area contributed by atoms with Crippen molar-refractivity contribution >= 4 is 19.7 Å². The molecule has 1 spiro atoms. The molecule has 0 aromatic heterocycles. The van der Waals surface area contributed by atoms with Crippen molar-refractivity contribution < 1.29 is 13.2 Å². The zero-order valence-electron chi connectivity index (χ0n) is 11.2. The summed E-state index contributed by atoms with van der Waals surface area (Å²) in [6.45, 7) is 5.23. The van der Waals surface area contributed by atoms with E-state index in [1.54, 1.807) is 0 Å². The van der Waals surface area contributed by atoms with E-state index in [9.17, 15) is 8.42 Å². The fourth-order valence-electron chi connectivity index (χ4n) is 3.60. The van der Waals surface area contributed by atoms with Gasteiger partial charge >= 0.3 is 0 Å². The van der Waals surface area contributed by atoms with Gasteiger partial charge in [-0.2, -0.15) is 0 Å². The molecule has 106 valence electrons. The van der Waals surface area contributed by atoms with Crippen molar-refractivity contribution in [2.75, 3.05) is 12.4 Å². The highest BCUT2D eigenvalue weighted by atomic mass is 35.7. The number of rotatable bonds is 3. The van der Waals surface area contributed by atoms with Gasteiger partial charge in [-0.15, -0.1) is 0 Å². The van der Waals surface area contributed by atoms with Gasteiger partial charge < -0.3 is 4.74 Å². The highest BCUT2D eigenvalue weighted by molar-refractivity contribution is 8.13. The summed E-state index contributed by atoms with van der Waals surface area (Å²) >= 11 is 0. The molecule has 1 aliphatic carbocycles. The Balaban J connectivity index is 2.03. The molecule has 0 bridgehead atoms. The molecule has 2 aliphatic rings. The van der Waals surface area contributed by atoms with Crippen LogP contribution in [0.5, 0.6) is 0 Å². The zero-order valence-corrected chi connectivity index (χ0v) is 12.8. The maximum Gasteiger partial charge on any atom is 0.235 e. The standard InChI is InChI=1S/C13H23ClO3S/c1-10(2)11-3-5-13(6-4-11)7-8-17-12(13)9-18(14,15)16/h10-12H,3-9H2,1-2H3. The van der Waals surface area contributed by atoms with Crippen LogP contribution in [0.4, 0.5) is 0 Å². The average Bonchev–Trinajstić information content (AvgIpc) is 2.60. The van der Waals surface area contributed by atoms with Crippen LogP contribution in [-0.4, -0.2) is 26.9 Å². The fraction of sp³-hybridized carbons (Fsp3) is 1.00. The lowest BCUT2D eigenvalue weighted by atomic mass is 9.65. The number of ether oxygens (including phenoxy) is 1. The van der Waals surface area contributed by atoms with Gasteiger partial charge in [-0.1, -0.05) is 13.8 Å². The topological polar surface area (TPSA) is 43.4 Å². The van der Waals surface area contributed by atoms with Crippen molar-refractivity contribution in [1.82, 2.24) is 0 Å². The monoisotopic (exact) mass is 294 g/mol. The number of hydrogen-bond donors (Lipinski definition) is 0. The molecule has 0 aromatic carbocycles. The van der Waals surface area contributed by atoms with Crippen LogP contribution in [-0.2, 0) is 13.8 Å². The Morgan fingerprint density at radius 3 is 2.39 bits per heavy atom. The maximum atomic E-state index is 11.3. The van der Waals surface area contributed by atoms with Crippen molar-refractivity contribution in [2.24, 2.45) is 17.3 Å². The number of hydrogen-bond acceptors (Lipinski definition) is 3. The first-order valence-corrected chi connectivity index (χ1v) is 9.34. The third-order valence-corrected chi connectivity index (χ3v) is 6.00. The van der Waals surface area contributed by atoms with Crippen LogP contribution in [0.3, 0.4) is 0 Å². The first-order valence-electron chi connectivity index (χ1n) is 6.86. The van der Waals surface area contributed by atoms with E-state index >= 15 is 0 Å². The molecule has 1 unspecified atom stereocenters. The molecule has 5 heteroatoms. The second-order valence-corrected chi connectivity index (χ2v) is 9.08. The molecule has 1 atom stereocenters. The summed E-state index contributed by atoms with van der Waals surface area (Å²) < 4.78 is 28.2. The quantitative estimate of drug-likeness (QED) is 0.751. The fourth-order valence-corrected chi connectivity index (χ4v) is 4.76. The molecule has 2 fully saturated rings. The normalized spacial score (nSPS) is 37.6. The minimum absolute atomic E-state index is 0.0269. The van der Waals surface area contributed by atoms with Crippen molar-refractivity contribution in [3.8, 4) is 0 Å². The van der Waals surface area contributed by atoms with Crippen LogP contribution in [0.1, 0.15) is 46.0 Å². The maximum absolute atomic E-state index is 11.3. The second-order valence-electron chi connectivity index (χ2n) is 6.26. The smallest absolute Gasteiger partial charge is 0.235 e. The lowest BCUT2D eigenvalue weighted by Gasteiger charge is -2.41. The van der Waals surface area contributed by atoms with E-state index in [2.05, 4.69) is 13.8 Å². The zero-order chi connectivity index (χ0) is 13.4. The van der Waals surface area contributed by atoms with Gasteiger partial charge in [0, 0.05) is 17.3 Å². The van der Waals surface area contributed by atoms with Crippen LogP contribution >= 0.6 is 10.7 Å². The Bertz CT molecular complexity index is 383. The minimum Gasteiger partial charge on any atom is -0.377 e. The van der Waals surface area contributed by atoms with Crippen LogP contribution in [0.15, 0.2) is 0 Å². The third kappa shape index (κ3) is 3.20. The molecule has 18 heavy (non-hydrogen) atoms. The second kappa shape index (κ2) is 5.29. The highest BCUT2D eigenvalue weighted by Crippen LogP contribution is 2.50. The summed E-state index contributed by atoms with van der Waals surface area (Å²) in [6.07, 6.45) is 5.38. The van der Waals surface area contributed by atoms with E-state index < -0.39 is 9.05 Å². The van der Waals surface area contributed by atoms with Crippen molar-refractivity contribution in [1.29, 1.82) is 0 Å². The third-order valence-electron chi connectivity index (χ3n) is 4.92. The van der Waals surface area contributed by atoms with Crippen LogP contribution in [0.2, 0.25) is 0 Å². The Morgan fingerprint density at radius 2 is 1.89 bits per heavy atom. The molecule has 0 radical (unpaired) electrons. The van der Waals surface area contributed by atoms with Crippen molar-refractivity contribution in [3.63, 3.8) is 0 Å². The van der Waals surface area contributed by atoms with Crippen molar-refractivity contribution in [3.05, 3.63) is 0 Å². The summed E-state index contributed by atoms with van der Waals surface area (Å²) in [6, 6.07) is 0. The van der Waals surface area contributed by atoms with Gasteiger partial charge in [0.15, 0.2) is 0 Å². The molecule has 0 N–H and O–H groups in total. The molecule has 1 aliphatic heterocycles. The molecular weight excluding hydrogens is 272 g/mol. The molecule has 0 aromatic rings. The Kier molecular flexibility index (Phi) is 4.30. The summed E-state index contributed by atoms with van der Waals surface area (Å²) in [7, 11) is 1.92. The van der Waals surface area contributed by atoms with Crippen molar-refractivity contribution in [2.45, 2.75) is 52.1 Å². The Hall–Kier alpha value is 0.200. The van der Waals surface area contributed by atoms with Gasteiger partial charge in [0.05, 0.1) is 11.9 Å². The van der Waals surface area contributed by atoms with Gasteiger partial charge in [0.2, 0.25) is 9.05 Å².